The van der Waals surface area contributed by atoms with Crippen LogP contribution in [0.3, 0.4) is 0 Å². The van der Waals surface area contributed by atoms with Gasteiger partial charge in [0.25, 0.3) is 0 Å². The number of hydrogen-bond donors (Lipinski definition) is 1. The minimum atomic E-state index is -0.403. The van der Waals surface area contributed by atoms with Crippen LogP contribution >= 0.6 is 0 Å². The quantitative estimate of drug-likeness (QED) is 0.611. The van der Waals surface area contributed by atoms with Gasteiger partial charge in [0.15, 0.2) is 17.3 Å². The monoisotopic (exact) mass is 325 g/mol. The van der Waals surface area contributed by atoms with E-state index in [2.05, 4.69) is 25.0 Å². The summed E-state index contributed by atoms with van der Waals surface area (Å²) in [6.45, 7) is 1.80. The second-order valence-corrected chi connectivity index (χ2v) is 5.14. The smallest absolute Gasteiger partial charge is 0.246 e. The third-order valence-electron chi connectivity index (χ3n) is 3.57. The summed E-state index contributed by atoms with van der Waals surface area (Å²) in [7, 11) is 0. The Morgan fingerprint density at radius 2 is 2.12 bits per heavy atom. The van der Waals surface area contributed by atoms with Crippen molar-refractivity contribution in [2.75, 3.05) is 5.73 Å². The van der Waals surface area contributed by atoms with Crippen molar-refractivity contribution in [2.24, 2.45) is 0 Å². The van der Waals surface area contributed by atoms with Gasteiger partial charge in [0.2, 0.25) is 5.89 Å². The van der Waals surface area contributed by atoms with Gasteiger partial charge in [-0.05, 0) is 19.1 Å². The molecule has 4 aromatic heterocycles. The number of pyridine rings is 1. The zero-order valence-corrected chi connectivity index (χ0v) is 12.6. The minimum absolute atomic E-state index is 0.154. The summed E-state index contributed by atoms with van der Waals surface area (Å²) in [5, 5.41) is 4.39. The number of anilines is 1. The Kier molecular flexibility index (Phi) is 3.19. The van der Waals surface area contributed by atoms with Crippen LogP contribution in [0, 0.1) is 12.7 Å². The number of rotatable bonds is 3. The van der Waals surface area contributed by atoms with Crippen LogP contribution in [0.5, 0.6) is 0 Å². The van der Waals surface area contributed by atoms with Crippen molar-refractivity contribution in [3.63, 3.8) is 0 Å². The van der Waals surface area contributed by atoms with E-state index in [4.69, 9.17) is 10.2 Å². The van der Waals surface area contributed by atoms with Crippen molar-refractivity contribution in [1.29, 1.82) is 0 Å². The zero-order chi connectivity index (χ0) is 16.7. The highest BCUT2D eigenvalue weighted by atomic mass is 19.1. The fourth-order valence-corrected chi connectivity index (χ4v) is 2.42. The van der Waals surface area contributed by atoms with E-state index in [1.165, 1.54) is 30.8 Å². The van der Waals surface area contributed by atoms with E-state index in [9.17, 15) is 4.39 Å². The maximum Gasteiger partial charge on any atom is 0.246 e. The molecule has 0 saturated carbocycles. The van der Waals surface area contributed by atoms with Gasteiger partial charge in [-0.1, -0.05) is 0 Å². The van der Waals surface area contributed by atoms with E-state index in [1.54, 1.807) is 11.4 Å². The normalized spacial score (nSPS) is 11.2. The summed E-state index contributed by atoms with van der Waals surface area (Å²) in [6, 6.07) is 2.88. The number of aromatic nitrogens is 6. The maximum absolute atomic E-state index is 13.8. The lowest BCUT2D eigenvalue weighted by Gasteiger charge is -2.04. The van der Waals surface area contributed by atoms with Crippen molar-refractivity contribution < 1.29 is 8.81 Å². The summed E-state index contributed by atoms with van der Waals surface area (Å²) in [6.07, 6.45) is 4.65. The summed E-state index contributed by atoms with van der Waals surface area (Å²) >= 11 is 0. The van der Waals surface area contributed by atoms with Gasteiger partial charge in [-0.15, -0.1) is 0 Å². The number of nitrogen functional groups attached to an aromatic ring is 1. The molecule has 0 aliphatic carbocycles. The summed E-state index contributed by atoms with van der Waals surface area (Å²) in [5.41, 5.74) is 7.79. The highest BCUT2D eigenvalue weighted by Gasteiger charge is 2.18. The Bertz CT molecular complexity index is 1030. The number of oxazole rings is 1. The first-order chi connectivity index (χ1) is 11.6. The van der Waals surface area contributed by atoms with Gasteiger partial charge in [0, 0.05) is 6.20 Å². The lowest BCUT2D eigenvalue weighted by Crippen LogP contribution is -2.05. The van der Waals surface area contributed by atoms with Crippen LogP contribution < -0.4 is 5.73 Å². The molecule has 0 atom stereocenters. The minimum Gasteiger partial charge on any atom is -0.443 e. The van der Waals surface area contributed by atoms with Crippen molar-refractivity contribution in [2.45, 2.75) is 13.3 Å². The topological polar surface area (TPSA) is 108 Å². The van der Waals surface area contributed by atoms with Crippen LogP contribution in [0.15, 0.2) is 35.2 Å². The number of fused-ring (bicyclic) bond motifs is 1. The van der Waals surface area contributed by atoms with Crippen LogP contribution in [0.1, 0.15) is 17.2 Å². The van der Waals surface area contributed by atoms with Gasteiger partial charge in [-0.2, -0.15) is 5.10 Å². The Morgan fingerprint density at radius 1 is 1.25 bits per heavy atom. The molecule has 0 radical (unpaired) electrons. The van der Waals surface area contributed by atoms with Crippen LogP contribution in [0.4, 0.5) is 10.2 Å². The Labute approximate surface area is 135 Å². The molecule has 24 heavy (non-hydrogen) atoms. The van der Waals surface area contributed by atoms with Crippen LogP contribution in [0.2, 0.25) is 0 Å². The predicted octanol–water partition coefficient (Wildman–Crippen LogP) is 1.79. The number of nitrogens with two attached hydrogens (primary N) is 1. The predicted molar refractivity (Wildman–Crippen MR) is 82.4 cm³/mol. The third-order valence-corrected chi connectivity index (χ3v) is 3.57. The molecule has 0 aliphatic rings. The Morgan fingerprint density at radius 3 is 2.88 bits per heavy atom. The molecule has 4 rings (SSSR count). The molecular weight excluding hydrogens is 313 g/mol. The Balaban J connectivity index is 1.82. The first-order valence-electron chi connectivity index (χ1n) is 7.14. The molecule has 2 N–H and O–H groups in total. The molecule has 0 amide bonds. The average molecular weight is 325 g/mol. The summed E-state index contributed by atoms with van der Waals surface area (Å²) in [5.74, 6) is 0.524. The van der Waals surface area contributed by atoms with Gasteiger partial charge in [-0.3, -0.25) is 4.98 Å². The van der Waals surface area contributed by atoms with Gasteiger partial charge in [0.05, 0.1) is 24.0 Å². The van der Waals surface area contributed by atoms with Crippen molar-refractivity contribution >= 4 is 11.5 Å². The van der Waals surface area contributed by atoms with Crippen molar-refractivity contribution in [1.82, 2.24) is 29.5 Å². The molecule has 0 fully saturated rings. The van der Waals surface area contributed by atoms with E-state index < -0.39 is 5.82 Å². The largest absolute Gasteiger partial charge is 0.443 e. The van der Waals surface area contributed by atoms with E-state index in [0.29, 0.717) is 28.8 Å². The van der Waals surface area contributed by atoms with Gasteiger partial charge in [0.1, 0.15) is 17.8 Å². The first-order valence-corrected chi connectivity index (χ1v) is 7.14. The molecule has 0 unspecified atom stereocenters. The molecule has 4 aromatic rings. The average Bonchev–Trinajstić information content (AvgIpc) is 3.23. The third kappa shape index (κ3) is 2.26. The molecule has 4 heterocycles. The van der Waals surface area contributed by atoms with E-state index in [0.717, 1.165) is 0 Å². The SMILES string of the molecule is Cc1c(-c2ncco2)nc(N)c2nc(Cc3ncccc3F)nn12. The summed E-state index contributed by atoms with van der Waals surface area (Å²) < 4.78 is 20.6. The number of halogens is 1. The fourth-order valence-electron chi connectivity index (χ4n) is 2.42. The van der Waals surface area contributed by atoms with Gasteiger partial charge >= 0.3 is 0 Å². The fraction of sp³-hybridized carbons (Fsp3) is 0.133. The zero-order valence-electron chi connectivity index (χ0n) is 12.6. The van der Waals surface area contributed by atoms with Crippen molar-refractivity contribution in [3.05, 3.63) is 53.8 Å². The molecular formula is C15H12FN7O. The molecule has 8 nitrogen and oxygen atoms in total. The summed E-state index contributed by atoms with van der Waals surface area (Å²) in [4.78, 5) is 16.7. The molecule has 0 saturated heterocycles. The lowest BCUT2D eigenvalue weighted by atomic mass is 10.2. The number of nitrogens with zero attached hydrogens (tertiary/aromatic N) is 6. The van der Waals surface area contributed by atoms with Crippen molar-refractivity contribution in [3.8, 4) is 11.6 Å². The lowest BCUT2D eigenvalue weighted by molar-refractivity contribution is 0.570. The van der Waals surface area contributed by atoms with E-state index in [1.807, 2.05) is 0 Å². The van der Waals surface area contributed by atoms with Gasteiger partial charge in [-0.25, -0.2) is 23.9 Å². The number of hydrogen-bond acceptors (Lipinski definition) is 7. The second kappa shape index (κ2) is 5.37. The van der Waals surface area contributed by atoms with Crippen LogP contribution in [0.25, 0.3) is 17.2 Å². The first kappa shape index (κ1) is 14.2. The molecule has 120 valence electrons. The Hall–Kier alpha value is -3.36. The molecule has 0 aromatic carbocycles. The second-order valence-electron chi connectivity index (χ2n) is 5.14. The standard InChI is InChI=1S/C15H12FN7O/c1-8-12(15-19-5-6-24-15)21-13(17)14-20-11(22-23(8)14)7-10-9(16)3-2-4-18-10/h2-6H,7H2,1H3,(H2,17,21). The molecule has 0 spiro atoms. The van der Waals surface area contributed by atoms with E-state index >= 15 is 0 Å². The van der Waals surface area contributed by atoms with Gasteiger partial charge < -0.3 is 10.2 Å². The number of aryl methyl sites for hydroxylation is 1. The van der Waals surface area contributed by atoms with Crippen LogP contribution in [-0.2, 0) is 6.42 Å². The highest BCUT2D eigenvalue weighted by Crippen LogP contribution is 2.23. The van der Waals surface area contributed by atoms with Crippen LogP contribution in [-0.4, -0.2) is 29.5 Å². The van der Waals surface area contributed by atoms with E-state index in [-0.39, 0.29) is 17.9 Å². The molecule has 0 bridgehead atoms. The molecule has 9 heteroatoms. The highest BCUT2D eigenvalue weighted by molar-refractivity contribution is 5.66. The maximum atomic E-state index is 13.8. The molecule has 0 aliphatic heterocycles.